The Morgan fingerprint density at radius 3 is 2.11 bits per heavy atom. The minimum Gasteiger partial charge on any atom is -0.395 e. The molecule has 0 saturated carbocycles. The van der Waals surface area contributed by atoms with Crippen molar-refractivity contribution in [3.05, 3.63) is 6.07 Å². The highest BCUT2D eigenvalue weighted by molar-refractivity contribution is 7.91. The molecule has 1 heterocycles. The van der Waals surface area contributed by atoms with Crippen LogP contribution in [0, 0.1) is 0 Å². The molecule has 1 aromatic rings. The van der Waals surface area contributed by atoms with Crippen LogP contribution in [0.5, 0.6) is 5.88 Å². The lowest BCUT2D eigenvalue weighted by Gasteiger charge is -2.04. The summed E-state index contributed by atoms with van der Waals surface area (Å²) in [5.41, 5.74) is -1.28. The van der Waals surface area contributed by atoms with Gasteiger partial charge in [-0.25, -0.2) is 26.6 Å². The summed E-state index contributed by atoms with van der Waals surface area (Å²) < 4.78 is 49.4. The second-order valence-corrected chi connectivity index (χ2v) is 7.39. The fraction of sp³-hybridized carbons (Fsp3) is 0.286. The van der Waals surface area contributed by atoms with E-state index in [0.29, 0.717) is 0 Å². The molecule has 0 saturated heterocycles. The molecule has 11 heteroatoms. The van der Waals surface area contributed by atoms with Gasteiger partial charge in [0.1, 0.15) is 0 Å². The van der Waals surface area contributed by atoms with Crippen molar-refractivity contribution in [2.45, 2.75) is 10.2 Å². The molecule has 0 aromatic carbocycles. The third-order valence-electron chi connectivity index (χ3n) is 1.55. The summed E-state index contributed by atoms with van der Waals surface area (Å²) in [5, 5.41) is -1.37. The number of carbonyl (C=O) groups is 1. The van der Waals surface area contributed by atoms with E-state index in [9.17, 15) is 21.6 Å². The van der Waals surface area contributed by atoms with Crippen molar-refractivity contribution in [3.63, 3.8) is 0 Å². The maximum absolute atomic E-state index is 11.3. The minimum atomic E-state index is -3.86. The number of sulfone groups is 2. The van der Waals surface area contributed by atoms with Crippen LogP contribution in [0.3, 0.4) is 0 Å². The van der Waals surface area contributed by atoms with Crippen LogP contribution in [0.1, 0.15) is 0 Å². The summed E-state index contributed by atoms with van der Waals surface area (Å²) >= 11 is 4.93. The Labute approximate surface area is 108 Å². The molecule has 0 aliphatic carbocycles. The van der Waals surface area contributed by atoms with Gasteiger partial charge in [0.15, 0.2) is 14.9 Å². The van der Waals surface area contributed by atoms with Crippen LogP contribution in [-0.4, -0.2) is 44.7 Å². The predicted molar refractivity (Wildman–Crippen MR) is 60.1 cm³/mol. The van der Waals surface area contributed by atoms with Crippen LogP contribution in [0.15, 0.2) is 16.2 Å². The quantitative estimate of drug-likeness (QED) is 0.435. The topological polar surface area (TPSA) is 120 Å². The largest absolute Gasteiger partial charge is 0.410 e. The first kappa shape index (κ1) is 14.8. The van der Waals surface area contributed by atoms with E-state index < -0.39 is 41.2 Å². The lowest BCUT2D eigenvalue weighted by molar-refractivity contribution is 0.223. The smallest absolute Gasteiger partial charge is 0.395 e. The van der Waals surface area contributed by atoms with E-state index in [0.717, 1.165) is 18.6 Å². The number of aromatic nitrogens is 2. The van der Waals surface area contributed by atoms with Crippen molar-refractivity contribution in [1.82, 2.24) is 9.97 Å². The maximum atomic E-state index is 11.3. The van der Waals surface area contributed by atoms with E-state index in [1.807, 2.05) is 0 Å². The monoisotopic (exact) mass is 314 g/mol. The molecule has 100 valence electrons. The van der Waals surface area contributed by atoms with Crippen molar-refractivity contribution in [1.29, 1.82) is 0 Å². The van der Waals surface area contributed by atoms with Gasteiger partial charge in [0.05, 0.1) is 0 Å². The third kappa shape index (κ3) is 3.89. The average Bonchev–Trinajstić information content (AvgIpc) is 2.13. The van der Waals surface area contributed by atoms with E-state index in [1.54, 1.807) is 0 Å². The normalized spacial score (nSPS) is 12.2. The van der Waals surface area contributed by atoms with Crippen molar-refractivity contribution in [3.8, 4) is 5.88 Å². The summed E-state index contributed by atoms with van der Waals surface area (Å²) in [6.45, 7) is 0. The van der Waals surface area contributed by atoms with Gasteiger partial charge in [0.2, 0.25) is 15.7 Å². The Morgan fingerprint density at radius 1 is 1.17 bits per heavy atom. The molecule has 0 aliphatic rings. The molecule has 1 aromatic heterocycles. The molecule has 0 spiro atoms. The molecular formula is C7H7ClN2O6S2. The molecule has 1 rings (SSSR count). The highest BCUT2D eigenvalue weighted by Crippen LogP contribution is 2.17. The van der Waals surface area contributed by atoms with Crippen LogP contribution in [0.25, 0.3) is 0 Å². The van der Waals surface area contributed by atoms with Crippen molar-refractivity contribution < 1.29 is 26.4 Å². The second-order valence-electron chi connectivity index (χ2n) is 3.21. The van der Waals surface area contributed by atoms with Crippen LogP contribution in [-0.2, 0) is 19.7 Å². The van der Waals surface area contributed by atoms with Crippen LogP contribution in [0.2, 0.25) is 0 Å². The number of hydrogen-bond donors (Lipinski definition) is 0. The Morgan fingerprint density at radius 2 is 1.72 bits per heavy atom. The molecule has 0 fully saturated rings. The van der Waals surface area contributed by atoms with Gasteiger partial charge in [0.25, 0.3) is 5.16 Å². The molecule has 0 bridgehead atoms. The van der Waals surface area contributed by atoms with Crippen LogP contribution < -0.4 is 4.74 Å². The first-order valence-corrected chi connectivity index (χ1v) is 8.33. The van der Waals surface area contributed by atoms with Gasteiger partial charge in [-0.15, -0.1) is 0 Å². The molecule has 0 atom stereocenters. The summed E-state index contributed by atoms with van der Waals surface area (Å²) in [6, 6.07) is 0.796. The molecule has 0 unspecified atom stereocenters. The molecule has 0 aliphatic heterocycles. The number of halogens is 1. The Kier molecular flexibility index (Phi) is 3.93. The van der Waals surface area contributed by atoms with Gasteiger partial charge >= 0.3 is 5.43 Å². The third-order valence-corrected chi connectivity index (χ3v) is 3.45. The highest BCUT2D eigenvalue weighted by atomic mass is 35.5. The number of carbonyl (C=O) groups excluding carboxylic acids is 1. The average molecular weight is 315 g/mol. The van der Waals surface area contributed by atoms with Gasteiger partial charge in [-0.1, -0.05) is 0 Å². The summed E-state index contributed by atoms with van der Waals surface area (Å²) in [5.74, 6) is -0.564. The fourth-order valence-corrected chi connectivity index (χ4v) is 2.10. The molecular weight excluding hydrogens is 308 g/mol. The number of ether oxygens (including phenoxy) is 1. The predicted octanol–water partition coefficient (Wildman–Crippen LogP) is 0.0212. The molecule has 0 radical (unpaired) electrons. The molecule has 8 nitrogen and oxygen atoms in total. The van der Waals surface area contributed by atoms with Crippen LogP contribution in [0.4, 0.5) is 4.79 Å². The Hall–Kier alpha value is -1.26. The lowest BCUT2D eigenvalue weighted by Crippen LogP contribution is -2.11. The van der Waals surface area contributed by atoms with Gasteiger partial charge < -0.3 is 4.74 Å². The zero-order chi connectivity index (χ0) is 14.1. The standard InChI is InChI=1S/C7H7ClN2O6S2/c1-17(12,13)5-3-4(16-6(8)11)9-7(10-5)18(2,14)15/h3H,1-2H3. The van der Waals surface area contributed by atoms with Crippen LogP contribution >= 0.6 is 11.6 Å². The number of rotatable bonds is 3. The SMILES string of the molecule is CS(=O)(=O)c1cc(OC(=O)Cl)nc(S(C)(=O)=O)n1. The second kappa shape index (κ2) is 4.78. The van der Waals surface area contributed by atoms with Gasteiger partial charge in [-0.05, 0) is 0 Å². The highest BCUT2D eigenvalue weighted by Gasteiger charge is 2.20. The molecule has 18 heavy (non-hydrogen) atoms. The van der Waals surface area contributed by atoms with Gasteiger partial charge in [0, 0.05) is 30.2 Å². The van der Waals surface area contributed by atoms with Crippen molar-refractivity contribution >= 4 is 36.7 Å². The molecule has 0 amide bonds. The van der Waals surface area contributed by atoms with Gasteiger partial charge in [-0.2, -0.15) is 4.98 Å². The Bertz CT molecular complexity index is 646. The minimum absolute atomic E-state index is 0.564. The number of nitrogens with zero attached hydrogens (tertiary/aromatic N) is 2. The van der Waals surface area contributed by atoms with E-state index in [4.69, 9.17) is 11.6 Å². The first-order valence-electron chi connectivity index (χ1n) is 4.16. The lowest BCUT2D eigenvalue weighted by atomic mass is 10.6. The Balaban J connectivity index is 3.53. The first-order chi connectivity index (χ1) is 8.00. The summed E-state index contributed by atoms with van der Waals surface area (Å²) in [4.78, 5) is 17.2. The zero-order valence-corrected chi connectivity index (χ0v) is 11.5. The van der Waals surface area contributed by atoms with E-state index in [2.05, 4.69) is 14.7 Å². The maximum Gasteiger partial charge on any atom is 0.410 e. The molecule has 0 N–H and O–H groups in total. The van der Waals surface area contributed by atoms with Crippen molar-refractivity contribution in [2.24, 2.45) is 0 Å². The van der Waals surface area contributed by atoms with E-state index in [1.165, 1.54) is 0 Å². The van der Waals surface area contributed by atoms with E-state index in [-0.39, 0.29) is 0 Å². The van der Waals surface area contributed by atoms with Gasteiger partial charge in [-0.3, -0.25) is 0 Å². The summed E-state index contributed by atoms with van der Waals surface area (Å²) in [6.07, 6.45) is 1.59. The zero-order valence-electron chi connectivity index (χ0n) is 9.12. The number of hydrogen-bond acceptors (Lipinski definition) is 8. The fourth-order valence-electron chi connectivity index (χ4n) is 0.874. The van der Waals surface area contributed by atoms with E-state index >= 15 is 0 Å². The van der Waals surface area contributed by atoms with Crippen molar-refractivity contribution in [2.75, 3.05) is 12.5 Å². The summed E-state index contributed by atoms with van der Waals surface area (Å²) in [7, 11) is -7.66.